The molecule has 0 saturated heterocycles. The molecule has 0 atom stereocenters. The van der Waals surface area contributed by atoms with Gasteiger partial charge in [0.25, 0.3) is 0 Å². The highest BCUT2D eigenvalue weighted by Gasteiger charge is 2.22. The minimum absolute atomic E-state index is 0.395. The third kappa shape index (κ3) is 2.19. The van der Waals surface area contributed by atoms with Gasteiger partial charge in [0.05, 0.1) is 19.9 Å². The third-order valence-corrected chi connectivity index (χ3v) is 2.26. The van der Waals surface area contributed by atoms with E-state index in [9.17, 15) is 0 Å². The van der Waals surface area contributed by atoms with E-state index >= 15 is 0 Å². The summed E-state index contributed by atoms with van der Waals surface area (Å²) in [7, 11) is 7.14. The zero-order valence-electron chi connectivity index (χ0n) is 8.19. The van der Waals surface area contributed by atoms with Crippen LogP contribution < -0.4 is 15.1 Å². The van der Waals surface area contributed by atoms with Gasteiger partial charge in [0.15, 0.2) is 0 Å². The maximum absolute atomic E-state index is 5.58. The van der Waals surface area contributed by atoms with Gasteiger partial charge >= 0.3 is 0 Å². The lowest BCUT2D eigenvalue weighted by Crippen LogP contribution is -2.12. The number of nitrogens with zero attached hydrogens (tertiary/aromatic N) is 1. The molecule has 4 heteroatoms. The second-order valence-corrected chi connectivity index (χ2v) is 3.51. The molecule has 0 unspecified atom stereocenters. The van der Waals surface area contributed by atoms with Crippen molar-refractivity contribution in [2.24, 2.45) is 5.92 Å². The van der Waals surface area contributed by atoms with Crippen LogP contribution in [0.25, 0.3) is 0 Å². The van der Waals surface area contributed by atoms with Gasteiger partial charge in [-0.2, -0.15) is 0 Å². The normalized spacial score (nSPS) is 15.2. The summed E-state index contributed by atoms with van der Waals surface area (Å²) in [6.45, 7) is 0.773. The number of ether oxygens (including phenoxy) is 2. The first kappa shape index (κ1) is 9.37. The zero-order chi connectivity index (χ0) is 9.97. The largest absolute Gasteiger partial charge is 0.496 e. The van der Waals surface area contributed by atoms with Gasteiger partial charge in [-0.15, -0.1) is 0 Å². The molecule has 0 aromatic carbocycles. The fourth-order valence-corrected chi connectivity index (χ4v) is 1.18. The highest BCUT2D eigenvalue weighted by molar-refractivity contribution is 6.32. The van der Waals surface area contributed by atoms with Gasteiger partial charge < -0.3 is 9.47 Å². The molecule has 3 nitrogen and oxygen atoms in total. The van der Waals surface area contributed by atoms with Crippen molar-refractivity contribution in [2.45, 2.75) is 12.8 Å². The van der Waals surface area contributed by atoms with Crippen molar-refractivity contribution >= 4 is 13.4 Å². The van der Waals surface area contributed by atoms with Gasteiger partial charge in [0.2, 0.25) is 0 Å². The summed E-state index contributed by atoms with van der Waals surface area (Å²) < 4.78 is 10.6. The number of aromatic nitrogens is 1. The molecule has 0 aliphatic heterocycles. The summed E-state index contributed by atoms with van der Waals surface area (Å²) in [5.74, 6) is 2.03. The minimum Gasteiger partial charge on any atom is -0.496 e. The summed E-state index contributed by atoms with van der Waals surface area (Å²) in [5.41, 5.74) is 0.395. The van der Waals surface area contributed by atoms with Crippen molar-refractivity contribution < 1.29 is 9.47 Å². The van der Waals surface area contributed by atoms with Crippen LogP contribution in [0, 0.1) is 5.92 Å². The van der Waals surface area contributed by atoms with Gasteiger partial charge in [-0.1, -0.05) is 0 Å². The topological polar surface area (TPSA) is 31.4 Å². The Kier molecular flexibility index (Phi) is 2.61. The number of hydrogen-bond donors (Lipinski definition) is 0. The maximum Gasteiger partial charge on any atom is 0.147 e. The van der Waals surface area contributed by atoms with Crippen LogP contribution in [0.5, 0.6) is 11.5 Å². The average Bonchev–Trinajstić information content (AvgIpc) is 3.00. The molecule has 1 fully saturated rings. The Morgan fingerprint density at radius 1 is 1.57 bits per heavy atom. The Balaban J connectivity index is 2.01. The molecule has 0 bridgehead atoms. The molecule has 0 N–H and O–H groups in total. The standard InChI is InChI=1S/C10H12BNO2/c1-13-9-4-8(5-12-10(9)11)14-6-7-2-3-7/h4-5,7H,2-3,6H2,1H3. The van der Waals surface area contributed by atoms with Crippen molar-refractivity contribution in [1.82, 2.24) is 4.98 Å². The van der Waals surface area contributed by atoms with E-state index in [1.807, 2.05) is 0 Å². The quantitative estimate of drug-likeness (QED) is 0.652. The Hall–Kier alpha value is -1.19. The molecule has 0 amide bonds. The fourth-order valence-electron chi connectivity index (χ4n) is 1.18. The first-order valence-corrected chi connectivity index (χ1v) is 4.72. The summed E-state index contributed by atoms with van der Waals surface area (Å²) in [5, 5.41) is 0. The molecule has 1 heterocycles. The minimum atomic E-state index is 0.395. The highest BCUT2D eigenvalue weighted by Crippen LogP contribution is 2.29. The molecule has 1 aliphatic carbocycles. The van der Waals surface area contributed by atoms with Gasteiger partial charge in [0, 0.05) is 11.7 Å². The molecule has 0 spiro atoms. The maximum atomic E-state index is 5.58. The Labute approximate surface area is 84.8 Å². The monoisotopic (exact) mass is 189 g/mol. The summed E-state index contributed by atoms with van der Waals surface area (Å²) >= 11 is 0. The van der Waals surface area contributed by atoms with Crippen molar-refractivity contribution in [2.75, 3.05) is 13.7 Å². The van der Waals surface area contributed by atoms with Gasteiger partial charge in [-0.05, 0) is 18.8 Å². The second-order valence-electron chi connectivity index (χ2n) is 3.51. The Morgan fingerprint density at radius 2 is 2.36 bits per heavy atom. The van der Waals surface area contributed by atoms with E-state index in [-0.39, 0.29) is 0 Å². The van der Waals surface area contributed by atoms with Crippen LogP contribution in [0.3, 0.4) is 0 Å². The molecule has 14 heavy (non-hydrogen) atoms. The predicted octanol–water partition coefficient (Wildman–Crippen LogP) is 0.673. The van der Waals surface area contributed by atoms with E-state index in [0.29, 0.717) is 11.3 Å². The van der Waals surface area contributed by atoms with Gasteiger partial charge in [-0.3, -0.25) is 4.98 Å². The lowest BCUT2D eigenvalue weighted by Gasteiger charge is -2.08. The second kappa shape index (κ2) is 3.90. The summed E-state index contributed by atoms with van der Waals surface area (Å²) in [6, 6.07) is 1.77. The molecule has 1 aromatic heterocycles. The zero-order valence-corrected chi connectivity index (χ0v) is 8.19. The summed E-state index contributed by atoms with van der Waals surface area (Å²) in [4.78, 5) is 3.98. The van der Waals surface area contributed by atoms with Crippen LogP contribution >= 0.6 is 0 Å². The number of hydrogen-bond acceptors (Lipinski definition) is 3. The van der Waals surface area contributed by atoms with Crippen LogP contribution in [0.1, 0.15) is 12.8 Å². The molecule has 1 aromatic rings. The first-order valence-electron chi connectivity index (χ1n) is 4.72. The average molecular weight is 189 g/mol. The van der Waals surface area contributed by atoms with Crippen LogP contribution in [-0.2, 0) is 0 Å². The van der Waals surface area contributed by atoms with Crippen molar-refractivity contribution in [1.29, 1.82) is 0 Å². The summed E-state index contributed by atoms with van der Waals surface area (Å²) in [6.07, 6.45) is 4.18. The lowest BCUT2D eigenvalue weighted by molar-refractivity contribution is 0.296. The molecule has 72 valence electrons. The van der Waals surface area contributed by atoms with Gasteiger partial charge in [-0.25, -0.2) is 0 Å². The smallest absolute Gasteiger partial charge is 0.147 e. The van der Waals surface area contributed by atoms with E-state index in [1.54, 1.807) is 19.4 Å². The van der Waals surface area contributed by atoms with E-state index in [0.717, 1.165) is 18.3 Å². The lowest BCUT2D eigenvalue weighted by atomic mass is 10.0. The van der Waals surface area contributed by atoms with Crippen molar-refractivity contribution in [3.8, 4) is 11.5 Å². The van der Waals surface area contributed by atoms with Crippen LogP contribution in [0.15, 0.2) is 12.3 Å². The number of rotatable bonds is 4. The molecule has 1 aliphatic rings. The van der Waals surface area contributed by atoms with E-state index in [1.165, 1.54) is 12.8 Å². The molecule has 1 saturated carbocycles. The van der Waals surface area contributed by atoms with Gasteiger partial charge in [0.1, 0.15) is 19.3 Å². The molecule has 2 radical (unpaired) electrons. The van der Waals surface area contributed by atoms with Crippen LogP contribution in [-0.4, -0.2) is 26.5 Å². The van der Waals surface area contributed by atoms with E-state index < -0.39 is 0 Å². The number of methoxy groups -OCH3 is 1. The fraction of sp³-hybridized carbons (Fsp3) is 0.500. The molecular weight excluding hydrogens is 177 g/mol. The first-order chi connectivity index (χ1) is 6.79. The third-order valence-electron chi connectivity index (χ3n) is 2.26. The Morgan fingerprint density at radius 3 is 3.00 bits per heavy atom. The predicted molar refractivity (Wildman–Crippen MR) is 54.4 cm³/mol. The van der Waals surface area contributed by atoms with E-state index in [2.05, 4.69) is 4.98 Å². The van der Waals surface area contributed by atoms with Crippen molar-refractivity contribution in [3.05, 3.63) is 12.3 Å². The Bertz CT molecular complexity index is 326. The molecule has 2 rings (SSSR count). The SMILES string of the molecule is [B]c1ncc(OCC2CC2)cc1OC. The van der Waals surface area contributed by atoms with Crippen LogP contribution in [0.2, 0.25) is 0 Å². The van der Waals surface area contributed by atoms with Crippen molar-refractivity contribution in [3.63, 3.8) is 0 Å². The molecular formula is C10H12BNO2. The number of pyridine rings is 1. The highest BCUT2D eigenvalue weighted by atomic mass is 16.5. The van der Waals surface area contributed by atoms with Crippen LogP contribution in [0.4, 0.5) is 0 Å². The van der Waals surface area contributed by atoms with E-state index in [4.69, 9.17) is 17.3 Å².